The Morgan fingerprint density at radius 2 is 1.67 bits per heavy atom. The van der Waals surface area contributed by atoms with Crippen LogP contribution in [-0.2, 0) is 12.7 Å². The second-order valence-corrected chi connectivity index (χ2v) is 4.42. The van der Waals surface area contributed by atoms with Crippen molar-refractivity contribution in [2.45, 2.75) is 0 Å². The topological polar surface area (TPSA) is 35.5 Å². The van der Waals surface area contributed by atoms with Gasteiger partial charge in [0, 0.05) is 0 Å². The van der Waals surface area contributed by atoms with Crippen molar-refractivity contribution < 1.29 is 12.7 Å². The summed E-state index contributed by atoms with van der Waals surface area (Å²) >= 11 is 0. The van der Waals surface area contributed by atoms with Gasteiger partial charge in [0.1, 0.15) is 0 Å². The Morgan fingerprint density at radius 1 is 1.33 bits per heavy atom. The highest BCUT2D eigenvalue weighted by Crippen LogP contribution is 1.61. The zero-order chi connectivity index (χ0) is 4.99. The SMILES string of the molecule is O=[Si](O[SiH3])O[SiH3]. The van der Waals surface area contributed by atoms with Crippen LogP contribution in [0.3, 0.4) is 0 Å². The molecular weight excluding hydrogens is 132 g/mol. The molecule has 0 saturated heterocycles. The molecule has 0 spiro atoms. The average molecular weight is 138 g/mol. The summed E-state index contributed by atoms with van der Waals surface area (Å²) in [5, 5.41) is 0. The van der Waals surface area contributed by atoms with E-state index in [0.717, 1.165) is 0 Å². The van der Waals surface area contributed by atoms with E-state index in [2.05, 4.69) is 8.23 Å². The van der Waals surface area contributed by atoms with E-state index in [4.69, 9.17) is 0 Å². The number of hydrogen-bond acceptors (Lipinski definition) is 3. The van der Waals surface area contributed by atoms with Crippen molar-refractivity contribution in [3.05, 3.63) is 0 Å². The molecule has 0 amide bonds. The predicted octanol–water partition coefficient (Wildman–Crippen LogP) is -3.00. The lowest BCUT2D eigenvalue weighted by molar-refractivity contribution is 0.373. The zero-order valence-corrected chi connectivity index (χ0v) is 8.72. The van der Waals surface area contributed by atoms with Crippen molar-refractivity contribution in [3.8, 4) is 0 Å². The van der Waals surface area contributed by atoms with Crippen LogP contribution in [0.2, 0.25) is 0 Å². The van der Waals surface area contributed by atoms with E-state index in [9.17, 15) is 4.46 Å². The molecule has 0 fully saturated rings. The zero-order valence-electron chi connectivity index (χ0n) is 3.72. The maximum absolute atomic E-state index is 9.99. The monoisotopic (exact) mass is 138 g/mol. The minimum Gasteiger partial charge on any atom is -0.560 e. The molecule has 36 valence electrons. The summed E-state index contributed by atoms with van der Waals surface area (Å²) in [4.78, 5) is 0. The minimum absolute atomic E-state index is 0.512. The van der Waals surface area contributed by atoms with E-state index in [1.807, 2.05) is 0 Å². The van der Waals surface area contributed by atoms with E-state index >= 15 is 0 Å². The first-order chi connectivity index (χ1) is 2.81. The molecule has 6 heteroatoms. The van der Waals surface area contributed by atoms with Gasteiger partial charge in [-0.05, 0) is 0 Å². The standard InChI is InChI=1S/H6O3Si3/c1-6(2-4)3-5/h4-5H3. The third-order valence-corrected chi connectivity index (χ3v) is 3.00. The largest absolute Gasteiger partial charge is 0.735 e. The maximum atomic E-state index is 9.99. The molecule has 0 N–H and O–H groups in total. The quantitative estimate of drug-likeness (QED) is 0.382. The van der Waals surface area contributed by atoms with Crippen LogP contribution in [-0.4, -0.2) is 30.1 Å². The van der Waals surface area contributed by atoms with E-state index < -0.39 is 9.17 Å². The first kappa shape index (κ1) is 6.05. The molecule has 0 radical (unpaired) electrons. The smallest absolute Gasteiger partial charge is 0.560 e. The average Bonchev–Trinajstić information content (AvgIpc) is 1.65. The molecule has 0 aromatic rings. The van der Waals surface area contributed by atoms with Gasteiger partial charge < -0.3 is 8.23 Å². The van der Waals surface area contributed by atoms with Gasteiger partial charge in [-0.3, -0.25) is 4.46 Å². The summed E-state index contributed by atoms with van der Waals surface area (Å²) in [5.74, 6) is 0. The molecule has 0 aliphatic rings. The fourth-order valence-electron chi connectivity index (χ4n) is 0.0833. The molecule has 3 nitrogen and oxygen atoms in total. The molecule has 0 atom stereocenters. The van der Waals surface area contributed by atoms with Crippen LogP contribution in [0.1, 0.15) is 0 Å². The second kappa shape index (κ2) is 3.25. The molecule has 6 heavy (non-hydrogen) atoms. The van der Waals surface area contributed by atoms with Gasteiger partial charge in [-0.2, -0.15) is 0 Å². The molecule has 0 heterocycles. The lowest BCUT2D eigenvalue weighted by Gasteiger charge is -1.90. The van der Waals surface area contributed by atoms with Gasteiger partial charge in [0.05, 0.1) is 0 Å². The fourth-order valence-corrected chi connectivity index (χ4v) is 2.25. The Hall–Kier alpha value is 0.0506. The summed E-state index contributed by atoms with van der Waals surface area (Å²) < 4.78 is 18.8. The normalized spacial score (nSPS) is 8.00. The van der Waals surface area contributed by atoms with Crippen molar-refractivity contribution in [2.24, 2.45) is 0 Å². The Balaban J connectivity index is 2.99. The minimum atomic E-state index is -1.99. The van der Waals surface area contributed by atoms with E-state index in [-0.39, 0.29) is 0 Å². The predicted molar refractivity (Wildman–Crippen MR) is 28.5 cm³/mol. The van der Waals surface area contributed by atoms with Gasteiger partial charge >= 0.3 is 9.17 Å². The highest BCUT2D eigenvalue weighted by atomic mass is 28.4. The van der Waals surface area contributed by atoms with E-state index in [1.165, 1.54) is 0 Å². The van der Waals surface area contributed by atoms with Crippen LogP contribution >= 0.6 is 0 Å². The van der Waals surface area contributed by atoms with Crippen molar-refractivity contribution in [2.75, 3.05) is 0 Å². The van der Waals surface area contributed by atoms with Gasteiger partial charge in [0.15, 0.2) is 21.0 Å². The van der Waals surface area contributed by atoms with Crippen LogP contribution in [0.15, 0.2) is 0 Å². The lowest BCUT2D eigenvalue weighted by Crippen LogP contribution is -2.06. The molecule has 0 unspecified atom stereocenters. The summed E-state index contributed by atoms with van der Waals surface area (Å²) in [6.45, 7) is 0. The first-order valence-electron chi connectivity index (χ1n) is 1.43. The van der Waals surface area contributed by atoms with Crippen LogP contribution < -0.4 is 0 Å². The van der Waals surface area contributed by atoms with Gasteiger partial charge in [-0.15, -0.1) is 0 Å². The van der Waals surface area contributed by atoms with Gasteiger partial charge in [0.25, 0.3) is 0 Å². The molecule has 0 saturated carbocycles. The lowest BCUT2D eigenvalue weighted by atomic mass is 15.7. The van der Waals surface area contributed by atoms with Crippen molar-refractivity contribution in [1.82, 2.24) is 0 Å². The highest BCUT2D eigenvalue weighted by molar-refractivity contribution is 6.38. The van der Waals surface area contributed by atoms with Crippen molar-refractivity contribution in [3.63, 3.8) is 0 Å². The van der Waals surface area contributed by atoms with Crippen LogP contribution in [0.4, 0.5) is 0 Å². The van der Waals surface area contributed by atoms with Gasteiger partial charge in [-0.1, -0.05) is 0 Å². The maximum Gasteiger partial charge on any atom is 0.735 e. The van der Waals surface area contributed by atoms with Gasteiger partial charge in [0.2, 0.25) is 0 Å². The Labute approximate surface area is 43.6 Å². The van der Waals surface area contributed by atoms with Crippen molar-refractivity contribution in [1.29, 1.82) is 0 Å². The van der Waals surface area contributed by atoms with Gasteiger partial charge in [-0.25, -0.2) is 0 Å². The highest BCUT2D eigenvalue weighted by Gasteiger charge is 1.97. The van der Waals surface area contributed by atoms with Crippen LogP contribution in [0, 0.1) is 0 Å². The third kappa shape index (κ3) is 2.30. The van der Waals surface area contributed by atoms with Crippen LogP contribution in [0.25, 0.3) is 0 Å². The van der Waals surface area contributed by atoms with Crippen LogP contribution in [0.5, 0.6) is 0 Å². The van der Waals surface area contributed by atoms with E-state index in [0.29, 0.717) is 21.0 Å². The molecule has 0 aromatic heterocycles. The Bertz CT molecular complexity index is 44.0. The summed E-state index contributed by atoms with van der Waals surface area (Å²) in [6, 6.07) is 0. The number of hydrogen-bond donors (Lipinski definition) is 0. The summed E-state index contributed by atoms with van der Waals surface area (Å²) in [5.41, 5.74) is 0. The molecular formula is H6O3Si3. The second-order valence-electron chi connectivity index (χ2n) is 0.658. The third-order valence-electron chi connectivity index (χ3n) is 0.333. The molecule has 0 aliphatic heterocycles. The number of rotatable bonds is 2. The van der Waals surface area contributed by atoms with Crippen molar-refractivity contribution >= 4 is 30.1 Å². The fraction of sp³-hybridized carbons (Fsp3) is 0. The summed E-state index contributed by atoms with van der Waals surface area (Å²) in [7, 11) is -0.970. The Kier molecular flexibility index (Phi) is 3.28. The summed E-state index contributed by atoms with van der Waals surface area (Å²) in [6.07, 6.45) is 0. The van der Waals surface area contributed by atoms with E-state index in [1.54, 1.807) is 0 Å². The molecule has 0 bridgehead atoms. The molecule has 0 rings (SSSR count). The first-order valence-corrected chi connectivity index (χ1v) is 4.29. The molecule has 0 aromatic carbocycles. The molecule has 0 aliphatic carbocycles. The Morgan fingerprint density at radius 3 is 1.67 bits per heavy atom.